The highest BCUT2D eigenvalue weighted by Crippen LogP contribution is 2.35. The molecule has 1 aliphatic rings. The van der Waals surface area contributed by atoms with Crippen LogP contribution in [0.25, 0.3) is 33.5 Å². The number of anilines is 2. The minimum Gasteiger partial charge on any atom is -0.383 e. The fraction of sp³-hybridized carbons (Fsp3) is 0.292. The number of hydrogen-bond acceptors (Lipinski definition) is 10. The van der Waals surface area contributed by atoms with Gasteiger partial charge in [0.15, 0.2) is 17.7 Å². The molecule has 0 bridgehead atoms. The van der Waals surface area contributed by atoms with E-state index in [1.165, 1.54) is 6.33 Å². The molecule has 3 aromatic heterocycles. The van der Waals surface area contributed by atoms with Crippen LogP contribution in [0.15, 0.2) is 53.3 Å². The van der Waals surface area contributed by atoms with E-state index in [0.29, 0.717) is 40.6 Å². The van der Waals surface area contributed by atoms with Crippen molar-refractivity contribution in [2.24, 2.45) is 0 Å². The summed E-state index contributed by atoms with van der Waals surface area (Å²) in [5, 5.41) is 9.63. The van der Waals surface area contributed by atoms with Gasteiger partial charge in [0.1, 0.15) is 30.0 Å². The second-order valence-electron chi connectivity index (χ2n) is 8.05. The summed E-state index contributed by atoms with van der Waals surface area (Å²) in [6, 6.07) is 13.6. The van der Waals surface area contributed by atoms with Crippen molar-refractivity contribution in [2.45, 2.75) is 18.4 Å². The van der Waals surface area contributed by atoms with Gasteiger partial charge in [0.05, 0.1) is 17.6 Å². The van der Waals surface area contributed by atoms with E-state index in [-0.39, 0.29) is 18.4 Å². The van der Waals surface area contributed by atoms with Crippen LogP contribution in [0, 0.1) is 0 Å². The Bertz CT molecular complexity index is 1360. The van der Waals surface area contributed by atoms with Crippen molar-refractivity contribution in [3.05, 3.63) is 53.3 Å². The lowest BCUT2D eigenvalue weighted by Crippen LogP contribution is -2.39. The van der Waals surface area contributed by atoms with Gasteiger partial charge in [-0.1, -0.05) is 28.1 Å². The molecule has 10 nitrogen and oxygen atoms in total. The molecule has 2 N–H and O–H groups in total. The summed E-state index contributed by atoms with van der Waals surface area (Å²) in [4.78, 5) is 15.2. The van der Waals surface area contributed by atoms with E-state index >= 15 is 0 Å². The van der Waals surface area contributed by atoms with Gasteiger partial charge in [0.2, 0.25) is 0 Å². The van der Waals surface area contributed by atoms with E-state index in [4.69, 9.17) is 24.9 Å². The van der Waals surface area contributed by atoms with Gasteiger partial charge >= 0.3 is 0 Å². The Kier molecular flexibility index (Phi) is 6.56. The predicted octanol–water partition coefficient (Wildman–Crippen LogP) is 3.32. The summed E-state index contributed by atoms with van der Waals surface area (Å²) in [5.74, 6) is 1.02. The maximum absolute atomic E-state index is 6.21. The standard InChI is InChI=1S/C24H24BrN7O3/c1-33-18-11-32(24(35-3)21(18)34-2)19-8-7-16(30-31-19)17-10-15(13-5-4-6-14(25)9-13)20-22(26)27-12-28-23(20)29-17/h4-10,12,18,21,24H,11H2,1-3H3,(H2,26,27,28,29). The smallest absolute Gasteiger partial charge is 0.165 e. The summed E-state index contributed by atoms with van der Waals surface area (Å²) >= 11 is 3.54. The van der Waals surface area contributed by atoms with E-state index in [1.54, 1.807) is 21.3 Å². The van der Waals surface area contributed by atoms with Crippen LogP contribution in [0.5, 0.6) is 0 Å². The van der Waals surface area contributed by atoms with Crippen molar-refractivity contribution >= 4 is 38.6 Å². The van der Waals surface area contributed by atoms with Crippen molar-refractivity contribution in [3.8, 4) is 22.5 Å². The lowest BCUT2D eigenvalue weighted by molar-refractivity contribution is -0.0703. The molecule has 1 aromatic carbocycles. The number of pyridine rings is 1. The lowest BCUT2D eigenvalue weighted by atomic mass is 10.0. The van der Waals surface area contributed by atoms with Gasteiger partial charge < -0.3 is 24.8 Å². The van der Waals surface area contributed by atoms with Crippen molar-refractivity contribution in [1.82, 2.24) is 25.1 Å². The Morgan fingerprint density at radius 2 is 1.83 bits per heavy atom. The third-order valence-corrected chi connectivity index (χ3v) is 6.62. The maximum Gasteiger partial charge on any atom is 0.165 e. The molecule has 1 fully saturated rings. The number of fused-ring (bicyclic) bond motifs is 1. The zero-order valence-corrected chi connectivity index (χ0v) is 21.0. The second-order valence-corrected chi connectivity index (χ2v) is 8.97. The summed E-state index contributed by atoms with van der Waals surface area (Å²) in [6.45, 7) is 0.568. The Morgan fingerprint density at radius 1 is 0.971 bits per heavy atom. The number of nitrogens with zero attached hydrogens (tertiary/aromatic N) is 6. The number of ether oxygens (including phenoxy) is 3. The molecule has 0 amide bonds. The highest BCUT2D eigenvalue weighted by Gasteiger charge is 2.43. The molecular weight excluding hydrogens is 514 g/mol. The Morgan fingerprint density at radius 3 is 2.51 bits per heavy atom. The number of aromatic nitrogens is 5. The van der Waals surface area contributed by atoms with Gasteiger partial charge in [-0.2, -0.15) is 0 Å². The van der Waals surface area contributed by atoms with Gasteiger partial charge in [-0.25, -0.2) is 15.0 Å². The Hall–Kier alpha value is -3.25. The van der Waals surface area contributed by atoms with Crippen molar-refractivity contribution < 1.29 is 14.2 Å². The predicted molar refractivity (Wildman–Crippen MR) is 136 cm³/mol. The van der Waals surface area contributed by atoms with Gasteiger partial charge in [0, 0.05) is 25.8 Å². The highest BCUT2D eigenvalue weighted by atomic mass is 79.9. The van der Waals surface area contributed by atoms with Gasteiger partial charge in [-0.3, -0.25) is 0 Å². The molecule has 4 heterocycles. The SMILES string of the molecule is COC1CN(c2ccc(-c3cc(-c4cccc(Br)c4)c4c(N)ncnc4n3)nn2)C(OC)C1OC. The van der Waals surface area contributed by atoms with Crippen LogP contribution in [0.1, 0.15) is 0 Å². The Balaban J connectivity index is 1.55. The molecule has 0 aliphatic carbocycles. The van der Waals surface area contributed by atoms with Crippen LogP contribution in [0.2, 0.25) is 0 Å². The molecule has 5 rings (SSSR count). The van der Waals surface area contributed by atoms with Crippen LogP contribution in [0.4, 0.5) is 11.6 Å². The molecule has 0 radical (unpaired) electrons. The summed E-state index contributed by atoms with van der Waals surface area (Å²) in [5.41, 5.74) is 9.74. The van der Waals surface area contributed by atoms with Crippen molar-refractivity contribution in [2.75, 3.05) is 38.5 Å². The van der Waals surface area contributed by atoms with Crippen LogP contribution >= 0.6 is 15.9 Å². The Labute approximate surface area is 210 Å². The molecule has 3 atom stereocenters. The number of nitrogen functional groups attached to an aromatic ring is 1. The fourth-order valence-electron chi connectivity index (χ4n) is 4.44. The van der Waals surface area contributed by atoms with Crippen LogP contribution in [0.3, 0.4) is 0 Å². The quantitative estimate of drug-likeness (QED) is 0.391. The number of rotatable bonds is 6. The third kappa shape index (κ3) is 4.31. The molecule has 35 heavy (non-hydrogen) atoms. The molecular formula is C24H24BrN7O3. The van der Waals surface area contributed by atoms with E-state index in [0.717, 1.165) is 15.6 Å². The number of benzene rings is 1. The second kappa shape index (κ2) is 9.78. The first-order valence-corrected chi connectivity index (χ1v) is 11.7. The number of nitrogens with two attached hydrogens (primary N) is 1. The van der Waals surface area contributed by atoms with Crippen molar-refractivity contribution in [3.63, 3.8) is 0 Å². The monoisotopic (exact) mass is 537 g/mol. The largest absolute Gasteiger partial charge is 0.383 e. The normalized spacial score (nSPS) is 20.0. The average Bonchev–Trinajstić information content (AvgIpc) is 3.26. The minimum atomic E-state index is -0.341. The van der Waals surface area contributed by atoms with Crippen molar-refractivity contribution in [1.29, 1.82) is 0 Å². The average molecular weight is 538 g/mol. The van der Waals surface area contributed by atoms with Crippen LogP contribution < -0.4 is 10.6 Å². The van der Waals surface area contributed by atoms with E-state index in [1.807, 2.05) is 47.4 Å². The molecule has 0 spiro atoms. The molecule has 1 saturated heterocycles. The first kappa shape index (κ1) is 23.5. The molecule has 180 valence electrons. The fourth-order valence-corrected chi connectivity index (χ4v) is 4.84. The molecule has 11 heteroatoms. The first-order chi connectivity index (χ1) is 17.0. The summed E-state index contributed by atoms with van der Waals surface area (Å²) < 4.78 is 17.8. The molecule has 1 aliphatic heterocycles. The molecule has 4 aromatic rings. The molecule has 3 unspecified atom stereocenters. The minimum absolute atomic E-state index is 0.147. The van der Waals surface area contributed by atoms with E-state index < -0.39 is 0 Å². The van der Waals surface area contributed by atoms with Gasteiger partial charge in [-0.05, 0) is 41.5 Å². The van der Waals surface area contributed by atoms with Crippen LogP contribution in [-0.4, -0.2) is 71.5 Å². The highest BCUT2D eigenvalue weighted by molar-refractivity contribution is 9.10. The number of methoxy groups -OCH3 is 3. The number of hydrogen-bond donors (Lipinski definition) is 1. The van der Waals surface area contributed by atoms with E-state index in [2.05, 4.69) is 36.1 Å². The maximum atomic E-state index is 6.21. The van der Waals surface area contributed by atoms with Gasteiger partial charge in [0.25, 0.3) is 0 Å². The van der Waals surface area contributed by atoms with Crippen LogP contribution in [-0.2, 0) is 14.2 Å². The zero-order chi connectivity index (χ0) is 24.5. The third-order valence-electron chi connectivity index (χ3n) is 6.12. The molecule has 0 saturated carbocycles. The zero-order valence-electron chi connectivity index (χ0n) is 19.4. The van der Waals surface area contributed by atoms with Gasteiger partial charge in [-0.15, -0.1) is 10.2 Å². The summed E-state index contributed by atoms with van der Waals surface area (Å²) in [7, 11) is 4.94. The van der Waals surface area contributed by atoms with E-state index in [9.17, 15) is 0 Å². The first-order valence-electron chi connectivity index (χ1n) is 10.9. The topological polar surface area (TPSA) is 121 Å². The summed E-state index contributed by atoms with van der Waals surface area (Å²) in [6.07, 6.45) is 0.676. The lowest BCUT2D eigenvalue weighted by Gasteiger charge is -2.26. The number of halogens is 1.